The Morgan fingerprint density at radius 2 is 1.71 bits per heavy atom. The SMILES string of the molecule is COc1cc(OCc2c(C)cccc2C)cc(C(N)=S)c1. The average Bonchev–Trinajstić information content (AvgIpc) is 2.46. The lowest BCUT2D eigenvalue weighted by atomic mass is 10.0. The Kier molecular flexibility index (Phi) is 4.81. The number of ether oxygens (including phenoxy) is 2. The highest BCUT2D eigenvalue weighted by Gasteiger charge is 2.07. The molecule has 0 fully saturated rings. The third kappa shape index (κ3) is 3.73. The standard InChI is InChI=1S/C17H19NO2S/c1-11-5-4-6-12(2)16(11)10-20-15-8-13(17(18)21)7-14(9-15)19-3/h4-9H,10H2,1-3H3,(H2,18,21). The lowest BCUT2D eigenvalue weighted by Crippen LogP contribution is -2.10. The van der Waals surface area contributed by atoms with E-state index in [4.69, 9.17) is 27.4 Å². The van der Waals surface area contributed by atoms with Crippen LogP contribution in [0.1, 0.15) is 22.3 Å². The first kappa shape index (κ1) is 15.3. The Labute approximate surface area is 130 Å². The van der Waals surface area contributed by atoms with Crippen molar-refractivity contribution in [3.8, 4) is 11.5 Å². The molecule has 0 aromatic heterocycles. The number of thiocarbonyl (C=S) groups is 1. The molecular formula is C17H19NO2S. The van der Waals surface area contributed by atoms with Crippen LogP contribution in [0.5, 0.6) is 11.5 Å². The van der Waals surface area contributed by atoms with E-state index in [1.807, 2.05) is 18.2 Å². The zero-order valence-corrected chi connectivity index (χ0v) is 13.3. The summed E-state index contributed by atoms with van der Waals surface area (Å²) in [5, 5.41) is 0. The van der Waals surface area contributed by atoms with Crippen LogP contribution in [0.3, 0.4) is 0 Å². The smallest absolute Gasteiger partial charge is 0.124 e. The van der Waals surface area contributed by atoms with E-state index in [1.165, 1.54) is 16.7 Å². The van der Waals surface area contributed by atoms with E-state index < -0.39 is 0 Å². The molecule has 4 heteroatoms. The van der Waals surface area contributed by atoms with E-state index in [0.717, 1.165) is 5.56 Å². The van der Waals surface area contributed by atoms with Crippen molar-refractivity contribution in [1.82, 2.24) is 0 Å². The fourth-order valence-electron chi connectivity index (χ4n) is 2.15. The van der Waals surface area contributed by atoms with Crippen LogP contribution in [-0.2, 0) is 6.61 Å². The fourth-order valence-corrected chi connectivity index (χ4v) is 2.27. The lowest BCUT2D eigenvalue weighted by Gasteiger charge is -2.13. The number of methoxy groups -OCH3 is 1. The Morgan fingerprint density at radius 3 is 2.29 bits per heavy atom. The molecule has 2 rings (SSSR count). The van der Waals surface area contributed by atoms with Crippen molar-refractivity contribution in [2.24, 2.45) is 5.73 Å². The first-order valence-electron chi connectivity index (χ1n) is 6.68. The van der Waals surface area contributed by atoms with Crippen molar-refractivity contribution in [1.29, 1.82) is 0 Å². The minimum Gasteiger partial charge on any atom is -0.497 e. The summed E-state index contributed by atoms with van der Waals surface area (Å²) in [5.41, 5.74) is 10.0. The summed E-state index contributed by atoms with van der Waals surface area (Å²) in [4.78, 5) is 0.325. The van der Waals surface area contributed by atoms with Gasteiger partial charge in [0.15, 0.2) is 0 Å². The molecule has 0 bridgehead atoms. The monoisotopic (exact) mass is 301 g/mol. The summed E-state index contributed by atoms with van der Waals surface area (Å²) in [6.07, 6.45) is 0. The number of aryl methyl sites for hydroxylation is 2. The lowest BCUT2D eigenvalue weighted by molar-refractivity contribution is 0.302. The average molecular weight is 301 g/mol. The zero-order chi connectivity index (χ0) is 15.4. The normalized spacial score (nSPS) is 10.2. The topological polar surface area (TPSA) is 44.5 Å². The van der Waals surface area contributed by atoms with E-state index in [-0.39, 0.29) is 0 Å². The molecule has 0 atom stereocenters. The van der Waals surface area contributed by atoms with Crippen LogP contribution < -0.4 is 15.2 Å². The van der Waals surface area contributed by atoms with Gasteiger partial charge in [-0.05, 0) is 42.7 Å². The Balaban J connectivity index is 2.23. The van der Waals surface area contributed by atoms with E-state index in [9.17, 15) is 0 Å². The molecule has 0 aliphatic heterocycles. The molecule has 0 saturated heterocycles. The molecule has 3 nitrogen and oxygen atoms in total. The molecule has 110 valence electrons. The van der Waals surface area contributed by atoms with Gasteiger partial charge in [0, 0.05) is 11.6 Å². The predicted octanol–water partition coefficient (Wildman–Crippen LogP) is 3.53. The number of nitrogens with two attached hydrogens (primary N) is 1. The van der Waals surface area contributed by atoms with Crippen LogP contribution in [0.25, 0.3) is 0 Å². The van der Waals surface area contributed by atoms with Gasteiger partial charge in [0.25, 0.3) is 0 Å². The molecule has 0 saturated carbocycles. The number of rotatable bonds is 5. The quantitative estimate of drug-likeness (QED) is 0.858. The second-order valence-electron chi connectivity index (χ2n) is 4.92. The van der Waals surface area contributed by atoms with Gasteiger partial charge < -0.3 is 15.2 Å². The largest absolute Gasteiger partial charge is 0.497 e. The maximum atomic E-state index is 5.89. The molecule has 21 heavy (non-hydrogen) atoms. The fraction of sp³-hybridized carbons (Fsp3) is 0.235. The summed E-state index contributed by atoms with van der Waals surface area (Å²) >= 11 is 5.02. The van der Waals surface area contributed by atoms with E-state index in [2.05, 4.69) is 26.0 Å². The maximum absolute atomic E-state index is 5.89. The summed E-state index contributed by atoms with van der Waals surface area (Å²) in [7, 11) is 1.61. The highest BCUT2D eigenvalue weighted by Crippen LogP contribution is 2.24. The van der Waals surface area contributed by atoms with Gasteiger partial charge in [-0.2, -0.15) is 0 Å². The molecule has 0 radical (unpaired) electrons. The van der Waals surface area contributed by atoms with Gasteiger partial charge >= 0.3 is 0 Å². The zero-order valence-electron chi connectivity index (χ0n) is 12.5. The first-order chi connectivity index (χ1) is 10.0. The number of benzene rings is 2. The minimum absolute atomic E-state index is 0.325. The van der Waals surface area contributed by atoms with Gasteiger partial charge in [0.1, 0.15) is 23.1 Å². The van der Waals surface area contributed by atoms with E-state index in [0.29, 0.717) is 23.1 Å². The Hall–Kier alpha value is -2.07. The second kappa shape index (κ2) is 6.59. The molecule has 0 spiro atoms. The second-order valence-corrected chi connectivity index (χ2v) is 5.36. The van der Waals surface area contributed by atoms with Crippen LogP contribution in [0, 0.1) is 13.8 Å². The summed E-state index contributed by atoms with van der Waals surface area (Å²) < 4.78 is 11.1. The van der Waals surface area contributed by atoms with Gasteiger partial charge in [-0.1, -0.05) is 30.4 Å². The highest BCUT2D eigenvalue weighted by atomic mass is 32.1. The molecule has 0 amide bonds. The molecule has 0 aliphatic carbocycles. The third-order valence-electron chi connectivity index (χ3n) is 3.43. The van der Waals surface area contributed by atoms with Gasteiger partial charge in [-0.25, -0.2) is 0 Å². The molecular weight excluding hydrogens is 282 g/mol. The van der Waals surface area contributed by atoms with E-state index in [1.54, 1.807) is 13.2 Å². The molecule has 0 aliphatic rings. The summed E-state index contributed by atoms with van der Waals surface area (Å²) in [6, 6.07) is 11.7. The van der Waals surface area contributed by atoms with Crippen LogP contribution >= 0.6 is 12.2 Å². The molecule has 2 aromatic carbocycles. The molecule has 0 heterocycles. The molecule has 2 N–H and O–H groups in total. The number of hydrogen-bond acceptors (Lipinski definition) is 3. The van der Waals surface area contributed by atoms with Gasteiger partial charge in [0.05, 0.1) is 7.11 Å². The van der Waals surface area contributed by atoms with E-state index >= 15 is 0 Å². The minimum atomic E-state index is 0.325. The number of hydrogen-bond donors (Lipinski definition) is 1. The Morgan fingerprint density at radius 1 is 1.10 bits per heavy atom. The van der Waals surface area contributed by atoms with Gasteiger partial charge in [-0.3, -0.25) is 0 Å². The van der Waals surface area contributed by atoms with Crippen molar-refractivity contribution < 1.29 is 9.47 Å². The Bertz CT molecular complexity index is 648. The third-order valence-corrected chi connectivity index (χ3v) is 3.66. The predicted molar refractivity (Wildman–Crippen MR) is 89.1 cm³/mol. The molecule has 0 unspecified atom stereocenters. The summed E-state index contributed by atoms with van der Waals surface area (Å²) in [5.74, 6) is 1.37. The van der Waals surface area contributed by atoms with Crippen LogP contribution in [-0.4, -0.2) is 12.1 Å². The van der Waals surface area contributed by atoms with Crippen molar-refractivity contribution in [2.75, 3.05) is 7.11 Å². The van der Waals surface area contributed by atoms with Crippen molar-refractivity contribution >= 4 is 17.2 Å². The van der Waals surface area contributed by atoms with Gasteiger partial charge in [0.2, 0.25) is 0 Å². The molecule has 2 aromatic rings. The van der Waals surface area contributed by atoms with Crippen LogP contribution in [0.15, 0.2) is 36.4 Å². The highest BCUT2D eigenvalue weighted by molar-refractivity contribution is 7.80. The van der Waals surface area contributed by atoms with Crippen LogP contribution in [0.2, 0.25) is 0 Å². The van der Waals surface area contributed by atoms with Crippen molar-refractivity contribution in [2.45, 2.75) is 20.5 Å². The van der Waals surface area contributed by atoms with Crippen molar-refractivity contribution in [3.63, 3.8) is 0 Å². The summed E-state index contributed by atoms with van der Waals surface area (Å²) in [6.45, 7) is 4.66. The van der Waals surface area contributed by atoms with Crippen molar-refractivity contribution in [3.05, 3.63) is 58.7 Å². The first-order valence-corrected chi connectivity index (χ1v) is 7.09. The van der Waals surface area contributed by atoms with Crippen LogP contribution in [0.4, 0.5) is 0 Å². The maximum Gasteiger partial charge on any atom is 0.124 e. The van der Waals surface area contributed by atoms with Gasteiger partial charge in [-0.15, -0.1) is 0 Å².